The average Bonchev–Trinajstić information content (AvgIpc) is 2.71. The van der Waals surface area contributed by atoms with E-state index in [4.69, 9.17) is 9.68 Å². The molecular formula is C16H18N2O. The lowest BCUT2D eigenvalue weighted by molar-refractivity contribution is 0.500. The minimum absolute atomic E-state index is 0.144. The van der Waals surface area contributed by atoms with Crippen LogP contribution in [0, 0.1) is 32.1 Å². The second kappa shape index (κ2) is 5.19. The van der Waals surface area contributed by atoms with Crippen molar-refractivity contribution in [1.82, 2.24) is 0 Å². The third-order valence-corrected chi connectivity index (χ3v) is 3.28. The van der Waals surface area contributed by atoms with Gasteiger partial charge in [-0.05, 0) is 51.5 Å². The number of aryl methyl sites for hydroxylation is 3. The third-order valence-electron chi connectivity index (χ3n) is 3.28. The Balaban J connectivity index is 2.26. The molecule has 0 spiro atoms. The van der Waals surface area contributed by atoms with Crippen molar-refractivity contribution in [3.05, 3.63) is 52.5 Å². The highest BCUT2D eigenvalue weighted by Gasteiger charge is 2.13. The maximum atomic E-state index is 8.96. The minimum Gasteiger partial charge on any atom is -0.466 e. The van der Waals surface area contributed by atoms with Gasteiger partial charge in [-0.2, -0.15) is 5.26 Å². The molecule has 1 aromatic heterocycles. The molecule has 1 unspecified atom stereocenters. The zero-order chi connectivity index (χ0) is 14.0. The molecule has 2 aromatic rings. The quantitative estimate of drug-likeness (QED) is 0.890. The monoisotopic (exact) mass is 254 g/mol. The lowest BCUT2D eigenvalue weighted by Gasteiger charge is -2.16. The van der Waals surface area contributed by atoms with Crippen molar-refractivity contribution in [3.8, 4) is 6.07 Å². The van der Waals surface area contributed by atoms with Gasteiger partial charge in [-0.25, -0.2) is 0 Å². The van der Waals surface area contributed by atoms with Crippen molar-refractivity contribution < 1.29 is 4.42 Å². The molecule has 1 aromatic carbocycles. The second-order valence-corrected chi connectivity index (χ2v) is 4.88. The first-order chi connectivity index (χ1) is 9.01. The van der Waals surface area contributed by atoms with Crippen LogP contribution in [0.3, 0.4) is 0 Å². The Hall–Kier alpha value is -2.21. The molecule has 1 N–H and O–H groups in total. The van der Waals surface area contributed by atoms with Crippen LogP contribution in [0.5, 0.6) is 0 Å². The molecule has 0 saturated heterocycles. The van der Waals surface area contributed by atoms with Crippen LogP contribution in [0.2, 0.25) is 0 Å². The highest BCUT2D eigenvalue weighted by Crippen LogP contribution is 2.26. The third kappa shape index (κ3) is 2.79. The van der Waals surface area contributed by atoms with Gasteiger partial charge in [0.2, 0.25) is 0 Å². The minimum atomic E-state index is 0.144. The summed E-state index contributed by atoms with van der Waals surface area (Å²) in [5, 5.41) is 12.4. The van der Waals surface area contributed by atoms with Crippen molar-refractivity contribution in [3.63, 3.8) is 0 Å². The molecule has 98 valence electrons. The molecule has 0 bridgehead atoms. The fraction of sp³-hybridized carbons (Fsp3) is 0.312. The number of hydrogen-bond donors (Lipinski definition) is 1. The summed E-state index contributed by atoms with van der Waals surface area (Å²) in [6, 6.07) is 10.0. The molecule has 0 aliphatic heterocycles. The van der Waals surface area contributed by atoms with Crippen molar-refractivity contribution in [1.29, 1.82) is 5.26 Å². The standard InChI is InChI=1S/C16H18N2O/c1-10-5-6-14(9-17)8-16(10)18-12(3)15-7-11(2)19-13(15)4/h5-8,12,18H,1-4H3. The summed E-state index contributed by atoms with van der Waals surface area (Å²) in [5.41, 5.74) is 3.94. The number of hydrogen-bond acceptors (Lipinski definition) is 3. The Kier molecular flexibility index (Phi) is 3.62. The SMILES string of the molecule is Cc1cc(C(C)Nc2cc(C#N)ccc2C)c(C)o1. The van der Waals surface area contributed by atoms with Crippen LogP contribution in [0.1, 0.15) is 41.2 Å². The van der Waals surface area contributed by atoms with Crippen LogP contribution in [-0.2, 0) is 0 Å². The molecule has 1 atom stereocenters. The zero-order valence-electron chi connectivity index (χ0n) is 11.7. The van der Waals surface area contributed by atoms with E-state index in [-0.39, 0.29) is 6.04 Å². The summed E-state index contributed by atoms with van der Waals surface area (Å²) in [6.07, 6.45) is 0. The lowest BCUT2D eigenvalue weighted by atomic mass is 10.1. The molecule has 19 heavy (non-hydrogen) atoms. The number of nitriles is 1. The van der Waals surface area contributed by atoms with Crippen LogP contribution in [0.4, 0.5) is 5.69 Å². The van der Waals surface area contributed by atoms with Gasteiger partial charge >= 0.3 is 0 Å². The summed E-state index contributed by atoms with van der Waals surface area (Å²) >= 11 is 0. The van der Waals surface area contributed by atoms with Crippen LogP contribution >= 0.6 is 0 Å². The van der Waals surface area contributed by atoms with Gasteiger partial charge in [0.15, 0.2) is 0 Å². The first-order valence-electron chi connectivity index (χ1n) is 6.35. The Labute approximate surface area is 113 Å². The molecule has 0 aliphatic carbocycles. The van der Waals surface area contributed by atoms with Gasteiger partial charge in [-0.15, -0.1) is 0 Å². The summed E-state index contributed by atoms with van der Waals surface area (Å²) < 4.78 is 5.56. The van der Waals surface area contributed by atoms with E-state index in [0.29, 0.717) is 5.56 Å². The molecular weight excluding hydrogens is 236 g/mol. The van der Waals surface area contributed by atoms with Crippen LogP contribution in [-0.4, -0.2) is 0 Å². The molecule has 1 heterocycles. The number of anilines is 1. The van der Waals surface area contributed by atoms with Crippen molar-refractivity contribution in [2.45, 2.75) is 33.7 Å². The molecule has 0 aliphatic rings. The summed E-state index contributed by atoms with van der Waals surface area (Å²) in [6.45, 7) is 8.04. The predicted octanol–water partition coefficient (Wildman–Crippen LogP) is 4.25. The summed E-state index contributed by atoms with van der Waals surface area (Å²) in [5.74, 6) is 1.86. The van der Waals surface area contributed by atoms with Gasteiger partial charge < -0.3 is 9.73 Å². The fourth-order valence-corrected chi connectivity index (χ4v) is 2.24. The zero-order valence-corrected chi connectivity index (χ0v) is 11.7. The molecule has 0 fully saturated rings. The average molecular weight is 254 g/mol. The van der Waals surface area contributed by atoms with Crippen molar-refractivity contribution >= 4 is 5.69 Å². The second-order valence-electron chi connectivity index (χ2n) is 4.88. The highest BCUT2D eigenvalue weighted by molar-refractivity contribution is 5.56. The van der Waals surface area contributed by atoms with E-state index in [0.717, 1.165) is 28.3 Å². The molecule has 0 saturated carbocycles. The molecule has 0 radical (unpaired) electrons. The number of furan rings is 1. The van der Waals surface area contributed by atoms with Gasteiger partial charge in [-0.3, -0.25) is 0 Å². The number of nitrogens with zero attached hydrogens (tertiary/aromatic N) is 1. The largest absolute Gasteiger partial charge is 0.466 e. The smallest absolute Gasteiger partial charge is 0.106 e. The number of benzene rings is 1. The van der Waals surface area contributed by atoms with Crippen molar-refractivity contribution in [2.24, 2.45) is 0 Å². The summed E-state index contributed by atoms with van der Waals surface area (Å²) in [7, 11) is 0. The van der Waals surface area contributed by atoms with E-state index in [9.17, 15) is 0 Å². The van der Waals surface area contributed by atoms with Gasteiger partial charge in [0.25, 0.3) is 0 Å². The van der Waals surface area contributed by atoms with Crippen LogP contribution in [0.15, 0.2) is 28.7 Å². The predicted molar refractivity (Wildman–Crippen MR) is 76.1 cm³/mol. The van der Waals surface area contributed by atoms with Crippen LogP contribution < -0.4 is 5.32 Å². The van der Waals surface area contributed by atoms with E-state index in [1.54, 1.807) is 0 Å². The molecule has 2 rings (SSSR count). The molecule has 3 nitrogen and oxygen atoms in total. The first-order valence-corrected chi connectivity index (χ1v) is 6.35. The first kappa shape index (κ1) is 13.2. The Morgan fingerprint density at radius 1 is 1.21 bits per heavy atom. The summed E-state index contributed by atoms with van der Waals surface area (Å²) in [4.78, 5) is 0. The van der Waals surface area contributed by atoms with Gasteiger partial charge in [-0.1, -0.05) is 6.07 Å². The van der Waals surface area contributed by atoms with E-state index >= 15 is 0 Å². The molecule has 0 amide bonds. The lowest BCUT2D eigenvalue weighted by Crippen LogP contribution is -2.08. The maximum Gasteiger partial charge on any atom is 0.106 e. The van der Waals surface area contributed by atoms with E-state index in [1.165, 1.54) is 0 Å². The highest BCUT2D eigenvalue weighted by atomic mass is 16.3. The van der Waals surface area contributed by atoms with E-state index in [1.807, 2.05) is 39.0 Å². The Bertz CT molecular complexity index is 635. The maximum absolute atomic E-state index is 8.96. The fourth-order valence-electron chi connectivity index (χ4n) is 2.24. The van der Waals surface area contributed by atoms with Gasteiger partial charge in [0.05, 0.1) is 17.7 Å². The van der Waals surface area contributed by atoms with Crippen LogP contribution in [0.25, 0.3) is 0 Å². The van der Waals surface area contributed by atoms with E-state index in [2.05, 4.69) is 24.4 Å². The van der Waals surface area contributed by atoms with E-state index < -0.39 is 0 Å². The number of rotatable bonds is 3. The van der Waals surface area contributed by atoms with Gasteiger partial charge in [0.1, 0.15) is 11.5 Å². The molecule has 3 heteroatoms. The Morgan fingerprint density at radius 2 is 1.95 bits per heavy atom. The van der Waals surface area contributed by atoms with Gasteiger partial charge in [0, 0.05) is 11.3 Å². The topological polar surface area (TPSA) is 49.0 Å². The number of nitrogens with one attached hydrogen (secondary N) is 1. The van der Waals surface area contributed by atoms with Crippen molar-refractivity contribution in [2.75, 3.05) is 5.32 Å². The normalized spacial score (nSPS) is 11.9. The Morgan fingerprint density at radius 3 is 2.53 bits per heavy atom.